The van der Waals surface area contributed by atoms with Crippen LogP contribution in [0.25, 0.3) is 0 Å². The molecule has 62 valence electrons. The van der Waals surface area contributed by atoms with Gasteiger partial charge >= 0.3 is 0 Å². The zero-order valence-corrected chi connectivity index (χ0v) is 7.08. The molecule has 0 bridgehead atoms. The zero-order valence-electron chi connectivity index (χ0n) is 6.27. The Bertz CT molecular complexity index is 297. The van der Waals surface area contributed by atoms with E-state index in [4.69, 9.17) is 10.4 Å². The highest BCUT2D eigenvalue weighted by Gasteiger charge is 2.02. The van der Waals surface area contributed by atoms with E-state index in [0.717, 1.165) is 0 Å². The lowest BCUT2D eigenvalue weighted by Gasteiger charge is -1.97. The molecule has 1 N–H and O–H groups in total. The van der Waals surface area contributed by atoms with Crippen molar-refractivity contribution in [2.45, 2.75) is 5.03 Å². The van der Waals surface area contributed by atoms with Crippen LogP contribution in [0.4, 0.5) is 0 Å². The predicted octanol–water partition coefficient (Wildman–Crippen LogP) is 0.433. The maximum absolute atomic E-state index is 8.62. The summed E-state index contributed by atoms with van der Waals surface area (Å²) in [7, 11) is 0. The average molecular weight is 181 g/mol. The lowest BCUT2D eigenvalue weighted by atomic mass is 10.3. The van der Waals surface area contributed by atoms with E-state index >= 15 is 0 Å². The molecular formula is C7H7N3OS. The number of thioether (sulfide) groups is 1. The zero-order chi connectivity index (χ0) is 8.81. The minimum Gasteiger partial charge on any atom is -0.396 e. The highest BCUT2D eigenvalue weighted by Crippen LogP contribution is 2.17. The third kappa shape index (κ3) is 2.19. The Morgan fingerprint density at radius 1 is 1.67 bits per heavy atom. The van der Waals surface area contributed by atoms with E-state index in [9.17, 15) is 0 Å². The molecule has 0 spiro atoms. The van der Waals surface area contributed by atoms with Crippen molar-refractivity contribution < 1.29 is 5.11 Å². The molecule has 4 nitrogen and oxygen atoms in total. The second kappa shape index (κ2) is 4.70. The second-order valence-corrected chi connectivity index (χ2v) is 3.02. The van der Waals surface area contributed by atoms with Crippen LogP contribution in [0.5, 0.6) is 0 Å². The molecule has 0 atom stereocenters. The Kier molecular flexibility index (Phi) is 3.51. The van der Waals surface area contributed by atoms with Crippen molar-refractivity contribution in [2.24, 2.45) is 0 Å². The van der Waals surface area contributed by atoms with Crippen LogP contribution in [0.3, 0.4) is 0 Å². The van der Waals surface area contributed by atoms with Gasteiger partial charge in [-0.3, -0.25) is 0 Å². The number of hydrogen-bond acceptors (Lipinski definition) is 5. The summed E-state index contributed by atoms with van der Waals surface area (Å²) < 4.78 is 0. The first-order valence-corrected chi connectivity index (χ1v) is 4.32. The van der Waals surface area contributed by atoms with Gasteiger partial charge in [0.2, 0.25) is 0 Å². The van der Waals surface area contributed by atoms with Gasteiger partial charge in [0.05, 0.1) is 18.4 Å². The molecule has 1 rings (SSSR count). The van der Waals surface area contributed by atoms with Gasteiger partial charge in [0.1, 0.15) is 11.1 Å². The summed E-state index contributed by atoms with van der Waals surface area (Å²) in [5, 5.41) is 25.2. The van der Waals surface area contributed by atoms with Gasteiger partial charge in [-0.2, -0.15) is 10.4 Å². The van der Waals surface area contributed by atoms with Gasteiger partial charge in [0.15, 0.2) is 0 Å². The summed E-state index contributed by atoms with van der Waals surface area (Å²) in [5.41, 5.74) is 0.503. The summed E-state index contributed by atoms with van der Waals surface area (Å²) in [5.74, 6) is 0.535. The van der Waals surface area contributed by atoms with E-state index in [2.05, 4.69) is 10.2 Å². The van der Waals surface area contributed by atoms with E-state index < -0.39 is 0 Å². The Hall–Kier alpha value is -1.12. The predicted molar refractivity (Wildman–Crippen MR) is 44.6 cm³/mol. The third-order valence-corrected chi connectivity index (χ3v) is 2.10. The molecule has 0 aliphatic carbocycles. The summed E-state index contributed by atoms with van der Waals surface area (Å²) in [6, 6.07) is 3.60. The minimum atomic E-state index is 0.0755. The topological polar surface area (TPSA) is 69.8 Å². The Morgan fingerprint density at radius 2 is 2.50 bits per heavy atom. The molecule has 0 fully saturated rings. The van der Waals surface area contributed by atoms with Crippen molar-refractivity contribution in [3.63, 3.8) is 0 Å². The number of hydrogen-bond donors (Lipinski definition) is 1. The van der Waals surface area contributed by atoms with Crippen molar-refractivity contribution in [3.8, 4) is 6.07 Å². The van der Waals surface area contributed by atoms with Gasteiger partial charge in [-0.25, -0.2) is 0 Å². The van der Waals surface area contributed by atoms with Crippen molar-refractivity contribution in [2.75, 3.05) is 12.4 Å². The number of nitriles is 1. The van der Waals surface area contributed by atoms with E-state index in [0.29, 0.717) is 16.3 Å². The molecule has 0 aromatic carbocycles. The first-order valence-electron chi connectivity index (χ1n) is 3.34. The average Bonchev–Trinajstić information content (AvgIpc) is 2.15. The summed E-state index contributed by atoms with van der Waals surface area (Å²) in [6.07, 6.45) is 1.47. The summed E-state index contributed by atoms with van der Waals surface area (Å²) in [6.45, 7) is 0.0755. The fourth-order valence-electron chi connectivity index (χ4n) is 0.653. The van der Waals surface area contributed by atoms with Gasteiger partial charge in [0.25, 0.3) is 0 Å². The molecule has 0 saturated heterocycles. The molecule has 0 unspecified atom stereocenters. The molecule has 0 aliphatic heterocycles. The monoisotopic (exact) mass is 181 g/mol. The van der Waals surface area contributed by atoms with Crippen LogP contribution in [-0.2, 0) is 0 Å². The van der Waals surface area contributed by atoms with Gasteiger partial charge in [0, 0.05) is 5.75 Å². The molecule has 1 heterocycles. The van der Waals surface area contributed by atoms with Crippen LogP contribution >= 0.6 is 11.8 Å². The Balaban J connectivity index is 2.77. The quantitative estimate of drug-likeness (QED) is 0.685. The molecule has 1 aromatic heterocycles. The maximum Gasteiger partial charge on any atom is 0.137 e. The van der Waals surface area contributed by atoms with E-state index in [-0.39, 0.29) is 6.61 Å². The standard InChI is InChI=1S/C7H7N3OS/c8-5-6-1-2-9-10-7(6)12-4-3-11/h1-2,11H,3-4H2. The van der Waals surface area contributed by atoms with Crippen LogP contribution < -0.4 is 0 Å². The first-order chi connectivity index (χ1) is 5.88. The molecule has 12 heavy (non-hydrogen) atoms. The summed E-state index contributed by atoms with van der Waals surface area (Å²) in [4.78, 5) is 0. The van der Waals surface area contributed by atoms with Crippen molar-refractivity contribution in [1.82, 2.24) is 10.2 Å². The minimum absolute atomic E-state index is 0.0755. The smallest absolute Gasteiger partial charge is 0.137 e. The molecule has 0 aliphatic rings. The third-order valence-electron chi connectivity index (χ3n) is 1.14. The number of aromatic nitrogens is 2. The van der Waals surface area contributed by atoms with E-state index in [1.807, 2.05) is 6.07 Å². The number of nitrogens with zero attached hydrogens (tertiary/aromatic N) is 3. The summed E-state index contributed by atoms with van der Waals surface area (Å²) >= 11 is 1.33. The highest BCUT2D eigenvalue weighted by molar-refractivity contribution is 7.99. The second-order valence-electron chi connectivity index (χ2n) is 1.93. The lowest BCUT2D eigenvalue weighted by molar-refractivity contribution is 0.322. The van der Waals surface area contributed by atoms with Crippen LogP contribution in [0.1, 0.15) is 5.56 Å². The number of rotatable bonds is 3. The SMILES string of the molecule is N#Cc1ccnnc1SCCO. The largest absolute Gasteiger partial charge is 0.396 e. The molecule has 0 radical (unpaired) electrons. The van der Waals surface area contributed by atoms with Gasteiger partial charge < -0.3 is 5.11 Å². The fourth-order valence-corrected chi connectivity index (χ4v) is 1.31. The van der Waals surface area contributed by atoms with E-state index in [1.165, 1.54) is 18.0 Å². The normalized spacial score (nSPS) is 9.33. The molecule has 1 aromatic rings. The molecule has 0 saturated carbocycles. The van der Waals surface area contributed by atoms with Crippen molar-refractivity contribution in [1.29, 1.82) is 5.26 Å². The van der Waals surface area contributed by atoms with Crippen LogP contribution in [0, 0.1) is 11.3 Å². The molecule has 0 amide bonds. The van der Waals surface area contributed by atoms with Crippen LogP contribution in [0.2, 0.25) is 0 Å². The first kappa shape index (κ1) is 8.97. The molecule has 5 heteroatoms. The Morgan fingerprint density at radius 3 is 3.17 bits per heavy atom. The Labute approximate surface area is 74.2 Å². The van der Waals surface area contributed by atoms with Gasteiger partial charge in [-0.15, -0.1) is 16.9 Å². The number of aliphatic hydroxyl groups is 1. The van der Waals surface area contributed by atoms with E-state index in [1.54, 1.807) is 6.07 Å². The van der Waals surface area contributed by atoms with Crippen molar-refractivity contribution in [3.05, 3.63) is 17.8 Å². The maximum atomic E-state index is 8.62. The van der Waals surface area contributed by atoms with Crippen LogP contribution in [-0.4, -0.2) is 27.7 Å². The van der Waals surface area contributed by atoms with Crippen LogP contribution in [0.15, 0.2) is 17.3 Å². The fraction of sp³-hybridized carbons (Fsp3) is 0.286. The highest BCUT2D eigenvalue weighted by atomic mass is 32.2. The van der Waals surface area contributed by atoms with Gasteiger partial charge in [-0.1, -0.05) is 0 Å². The number of aliphatic hydroxyl groups excluding tert-OH is 1. The lowest BCUT2D eigenvalue weighted by Crippen LogP contribution is -1.92. The van der Waals surface area contributed by atoms with Gasteiger partial charge in [-0.05, 0) is 6.07 Å². The van der Waals surface area contributed by atoms with Crippen molar-refractivity contribution >= 4 is 11.8 Å². The molecular weight excluding hydrogens is 174 g/mol.